The zero-order valence-electron chi connectivity index (χ0n) is 8.40. The molecular formula is C11H14N2O2. The molecule has 0 aliphatic carbocycles. The second kappa shape index (κ2) is 3.90. The first-order valence-electron chi connectivity index (χ1n) is 4.96. The summed E-state index contributed by atoms with van der Waals surface area (Å²) < 4.78 is 5.38. The van der Waals surface area contributed by atoms with Crippen molar-refractivity contribution in [1.29, 1.82) is 0 Å². The minimum absolute atomic E-state index is 0.466. The summed E-state index contributed by atoms with van der Waals surface area (Å²) in [7, 11) is 0. The Hall–Kier alpha value is -1.55. The summed E-state index contributed by atoms with van der Waals surface area (Å²) in [5.41, 5.74) is 12.9. The van der Waals surface area contributed by atoms with Crippen LogP contribution >= 0.6 is 0 Å². The van der Waals surface area contributed by atoms with Gasteiger partial charge in [0.1, 0.15) is 5.75 Å². The summed E-state index contributed by atoms with van der Waals surface area (Å²) in [6, 6.07) is 5.27. The van der Waals surface area contributed by atoms with E-state index in [0.717, 1.165) is 24.3 Å². The number of rotatable bonds is 3. The van der Waals surface area contributed by atoms with Crippen LogP contribution in [0.15, 0.2) is 18.2 Å². The van der Waals surface area contributed by atoms with Crippen molar-refractivity contribution in [3.63, 3.8) is 0 Å². The Morgan fingerprint density at radius 3 is 3.07 bits per heavy atom. The summed E-state index contributed by atoms with van der Waals surface area (Å²) in [5.74, 6) is 0.471. The Morgan fingerprint density at radius 1 is 1.53 bits per heavy atom. The van der Waals surface area contributed by atoms with Crippen LogP contribution in [0.2, 0.25) is 0 Å². The molecule has 0 spiro atoms. The molecule has 0 aromatic heterocycles. The van der Waals surface area contributed by atoms with E-state index in [0.29, 0.717) is 6.42 Å². The Bertz CT molecular complexity index is 390. The molecule has 0 radical (unpaired) electrons. The van der Waals surface area contributed by atoms with E-state index in [4.69, 9.17) is 16.2 Å². The largest absolute Gasteiger partial charge is 0.493 e. The molecule has 1 aliphatic rings. The van der Waals surface area contributed by atoms with Gasteiger partial charge in [-0.3, -0.25) is 4.79 Å². The second-order valence-electron chi connectivity index (χ2n) is 3.75. The van der Waals surface area contributed by atoms with Crippen LogP contribution < -0.4 is 16.2 Å². The molecule has 4 nitrogen and oxygen atoms in total. The van der Waals surface area contributed by atoms with Crippen LogP contribution in [0.3, 0.4) is 0 Å². The number of fused-ring (bicyclic) bond motifs is 1. The van der Waals surface area contributed by atoms with Gasteiger partial charge in [-0.05, 0) is 23.6 Å². The second-order valence-corrected chi connectivity index (χ2v) is 3.75. The Balaban J connectivity index is 2.13. The van der Waals surface area contributed by atoms with E-state index in [1.165, 1.54) is 5.56 Å². The fourth-order valence-corrected chi connectivity index (χ4v) is 1.72. The molecule has 2 rings (SSSR count). The molecule has 15 heavy (non-hydrogen) atoms. The summed E-state index contributed by atoms with van der Waals surface area (Å²) in [6.45, 7) is 0.737. The minimum Gasteiger partial charge on any atom is -0.493 e. The molecule has 1 amide bonds. The highest BCUT2D eigenvalue weighted by Crippen LogP contribution is 2.26. The average Bonchev–Trinajstić information content (AvgIpc) is 2.64. The van der Waals surface area contributed by atoms with Crippen molar-refractivity contribution >= 4 is 5.91 Å². The molecule has 1 atom stereocenters. The van der Waals surface area contributed by atoms with Crippen molar-refractivity contribution in [2.24, 2.45) is 11.5 Å². The van der Waals surface area contributed by atoms with Crippen LogP contribution in [-0.4, -0.2) is 18.6 Å². The Morgan fingerprint density at radius 2 is 2.33 bits per heavy atom. The van der Waals surface area contributed by atoms with Gasteiger partial charge in [0.05, 0.1) is 12.6 Å². The van der Waals surface area contributed by atoms with Gasteiger partial charge in [-0.15, -0.1) is 0 Å². The first-order chi connectivity index (χ1) is 7.16. The van der Waals surface area contributed by atoms with E-state index < -0.39 is 11.9 Å². The molecular weight excluding hydrogens is 192 g/mol. The maximum absolute atomic E-state index is 10.8. The lowest BCUT2D eigenvalue weighted by molar-refractivity contribution is -0.119. The molecule has 1 aromatic rings. The highest BCUT2D eigenvalue weighted by Gasteiger charge is 2.14. The van der Waals surface area contributed by atoms with Crippen LogP contribution in [0, 0.1) is 0 Å². The number of amides is 1. The number of benzene rings is 1. The van der Waals surface area contributed by atoms with Crippen molar-refractivity contribution < 1.29 is 9.53 Å². The lowest BCUT2D eigenvalue weighted by Gasteiger charge is -2.08. The normalized spacial score (nSPS) is 15.5. The van der Waals surface area contributed by atoms with Crippen molar-refractivity contribution in [2.45, 2.75) is 18.9 Å². The molecule has 1 unspecified atom stereocenters. The molecule has 80 valence electrons. The average molecular weight is 206 g/mol. The van der Waals surface area contributed by atoms with Crippen LogP contribution in [0.25, 0.3) is 0 Å². The third-order valence-corrected chi connectivity index (χ3v) is 2.57. The number of hydrogen-bond acceptors (Lipinski definition) is 3. The smallest absolute Gasteiger partial charge is 0.234 e. The fraction of sp³-hybridized carbons (Fsp3) is 0.364. The van der Waals surface area contributed by atoms with Crippen molar-refractivity contribution in [3.05, 3.63) is 29.3 Å². The maximum Gasteiger partial charge on any atom is 0.234 e. The lowest BCUT2D eigenvalue weighted by atomic mass is 10.0. The zero-order valence-corrected chi connectivity index (χ0v) is 8.40. The van der Waals surface area contributed by atoms with Gasteiger partial charge in [0.2, 0.25) is 5.91 Å². The Labute approximate surface area is 88.2 Å². The van der Waals surface area contributed by atoms with Crippen LogP contribution in [0.4, 0.5) is 0 Å². The third-order valence-electron chi connectivity index (χ3n) is 2.57. The zero-order chi connectivity index (χ0) is 10.8. The topological polar surface area (TPSA) is 78.3 Å². The number of ether oxygens (including phenoxy) is 1. The summed E-state index contributed by atoms with van der Waals surface area (Å²) in [6.07, 6.45) is 1.41. The van der Waals surface area contributed by atoms with Gasteiger partial charge >= 0.3 is 0 Å². The van der Waals surface area contributed by atoms with Crippen LogP contribution in [0.5, 0.6) is 5.75 Å². The quantitative estimate of drug-likeness (QED) is 0.729. The molecule has 1 aliphatic heterocycles. The first-order valence-corrected chi connectivity index (χ1v) is 4.96. The number of nitrogens with two attached hydrogens (primary N) is 2. The van der Waals surface area contributed by atoms with Crippen molar-refractivity contribution in [1.82, 2.24) is 0 Å². The first kappa shape index (κ1) is 9.98. The number of carbonyl (C=O) groups is 1. The molecule has 0 bridgehead atoms. The molecule has 0 saturated carbocycles. The monoisotopic (exact) mass is 206 g/mol. The highest BCUT2D eigenvalue weighted by molar-refractivity contribution is 5.79. The maximum atomic E-state index is 10.8. The highest BCUT2D eigenvalue weighted by atomic mass is 16.5. The minimum atomic E-state index is -0.606. The Kier molecular flexibility index (Phi) is 2.60. The van der Waals surface area contributed by atoms with E-state index in [1.54, 1.807) is 0 Å². The molecule has 4 heteroatoms. The molecule has 1 aromatic carbocycles. The third kappa shape index (κ3) is 2.10. The van der Waals surface area contributed by atoms with Crippen LogP contribution in [-0.2, 0) is 17.6 Å². The lowest BCUT2D eigenvalue weighted by Crippen LogP contribution is -2.38. The summed E-state index contributed by atoms with van der Waals surface area (Å²) in [5, 5.41) is 0. The van der Waals surface area contributed by atoms with Gasteiger partial charge in [0, 0.05) is 6.42 Å². The van der Waals surface area contributed by atoms with Gasteiger partial charge in [0.15, 0.2) is 0 Å². The van der Waals surface area contributed by atoms with E-state index in [9.17, 15) is 4.79 Å². The molecule has 0 saturated heterocycles. The van der Waals surface area contributed by atoms with Gasteiger partial charge in [-0.25, -0.2) is 0 Å². The van der Waals surface area contributed by atoms with Crippen molar-refractivity contribution in [2.75, 3.05) is 6.61 Å². The van der Waals surface area contributed by atoms with Crippen LogP contribution in [0.1, 0.15) is 11.1 Å². The number of carbonyl (C=O) groups excluding carboxylic acids is 1. The predicted molar refractivity (Wildman–Crippen MR) is 56.5 cm³/mol. The predicted octanol–water partition coefficient (Wildman–Crippen LogP) is -0.0234. The standard InChI is InChI=1S/C11H14N2O2/c12-9(11(13)14)6-7-1-2-10-8(5-7)3-4-15-10/h1-2,5,9H,3-4,6,12H2,(H2,13,14). The molecule has 1 heterocycles. The summed E-state index contributed by atoms with van der Waals surface area (Å²) >= 11 is 0. The molecule has 0 fully saturated rings. The van der Waals surface area contributed by atoms with Gasteiger partial charge in [-0.2, -0.15) is 0 Å². The number of hydrogen-bond donors (Lipinski definition) is 2. The fourth-order valence-electron chi connectivity index (χ4n) is 1.72. The molecule has 4 N–H and O–H groups in total. The van der Waals surface area contributed by atoms with Gasteiger partial charge in [0.25, 0.3) is 0 Å². The number of primary amides is 1. The van der Waals surface area contributed by atoms with E-state index in [1.807, 2.05) is 18.2 Å². The van der Waals surface area contributed by atoms with E-state index in [-0.39, 0.29) is 0 Å². The van der Waals surface area contributed by atoms with Gasteiger partial charge < -0.3 is 16.2 Å². The van der Waals surface area contributed by atoms with Crippen molar-refractivity contribution in [3.8, 4) is 5.75 Å². The van der Waals surface area contributed by atoms with Gasteiger partial charge in [-0.1, -0.05) is 12.1 Å². The summed E-state index contributed by atoms with van der Waals surface area (Å²) in [4.78, 5) is 10.8. The van der Waals surface area contributed by atoms with E-state index in [2.05, 4.69) is 0 Å². The SMILES string of the molecule is NC(=O)C(N)Cc1ccc2c(c1)CCO2. The van der Waals surface area contributed by atoms with E-state index >= 15 is 0 Å².